The Hall–Kier alpha value is -1.38. The number of hydrogen-bond donors (Lipinski definition) is 0. The summed E-state index contributed by atoms with van der Waals surface area (Å²) in [7, 11) is 0. The molecule has 0 aliphatic heterocycles. The van der Waals surface area contributed by atoms with Crippen LogP contribution in [-0.4, -0.2) is 5.97 Å². The zero-order valence-corrected chi connectivity index (χ0v) is 11.3. The Morgan fingerprint density at radius 3 is 2.61 bits per heavy atom. The standard InChI is InChI=1S/C15H21FO2/c1-4-6-14(18-15(17)7-5-2)12-8-9-13(16)11(3)10-12/h8-10,14H,4-7H2,1-3H3. The highest BCUT2D eigenvalue weighted by Crippen LogP contribution is 2.25. The van der Waals surface area contributed by atoms with Crippen LogP contribution in [0.5, 0.6) is 0 Å². The quantitative estimate of drug-likeness (QED) is 0.705. The first-order valence-electron chi connectivity index (χ1n) is 6.54. The molecule has 0 aliphatic carbocycles. The molecule has 0 heterocycles. The maximum absolute atomic E-state index is 13.2. The lowest BCUT2D eigenvalue weighted by molar-refractivity contribution is -0.149. The molecule has 0 fully saturated rings. The number of hydrogen-bond acceptors (Lipinski definition) is 2. The van der Waals surface area contributed by atoms with Gasteiger partial charge in [-0.3, -0.25) is 4.79 Å². The average Bonchev–Trinajstić information content (AvgIpc) is 2.32. The molecule has 0 N–H and O–H groups in total. The summed E-state index contributed by atoms with van der Waals surface area (Å²) in [5.41, 5.74) is 1.46. The van der Waals surface area contributed by atoms with Crippen molar-refractivity contribution in [3.63, 3.8) is 0 Å². The Bertz CT molecular complexity index is 401. The predicted molar refractivity (Wildman–Crippen MR) is 69.8 cm³/mol. The SMILES string of the molecule is CCCC(=O)OC(CCC)c1ccc(F)c(C)c1. The molecule has 100 valence electrons. The van der Waals surface area contributed by atoms with Crippen molar-refractivity contribution in [2.75, 3.05) is 0 Å². The number of aryl methyl sites for hydroxylation is 1. The van der Waals surface area contributed by atoms with Crippen LogP contribution in [0.1, 0.15) is 56.8 Å². The molecule has 0 amide bonds. The molecule has 1 unspecified atom stereocenters. The van der Waals surface area contributed by atoms with Crippen molar-refractivity contribution in [2.45, 2.75) is 52.6 Å². The van der Waals surface area contributed by atoms with Crippen LogP contribution < -0.4 is 0 Å². The summed E-state index contributed by atoms with van der Waals surface area (Å²) in [6, 6.07) is 4.89. The van der Waals surface area contributed by atoms with Gasteiger partial charge in [0.05, 0.1) is 0 Å². The van der Waals surface area contributed by atoms with E-state index in [9.17, 15) is 9.18 Å². The molecule has 0 aromatic heterocycles. The molecule has 2 nitrogen and oxygen atoms in total. The third-order valence-corrected chi connectivity index (χ3v) is 2.83. The second kappa shape index (κ2) is 7.14. The van der Waals surface area contributed by atoms with Crippen LogP contribution in [-0.2, 0) is 9.53 Å². The largest absolute Gasteiger partial charge is 0.457 e. The number of halogens is 1. The van der Waals surface area contributed by atoms with Gasteiger partial charge in [0.2, 0.25) is 0 Å². The van der Waals surface area contributed by atoms with E-state index in [1.54, 1.807) is 19.1 Å². The third-order valence-electron chi connectivity index (χ3n) is 2.83. The van der Waals surface area contributed by atoms with Crippen LogP contribution in [0.15, 0.2) is 18.2 Å². The van der Waals surface area contributed by atoms with Crippen LogP contribution in [0.3, 0.4) is 0 Å². The summed E-state index contributed by atoms with van der Waals surface area (Å²) < 4.78 is 18.7. The van der Waals surface area contributed by atoms with E-state index >= 15 is 0 Å². The van der Waals surface area contributed by atoms with Gasteiger partial charge in [0.25, 0.3) is 0 Å². The Morgan fingerprint density at radius 1 is 1.33 bits per heavy atom. The molecule has 0 spiro atoms. The lowest BCUT2D eigenvalue weighted by Gasteiger charge is -2.18. The van der Waals surface area contributed by atoms with Gasteiger partial charge in [-0.25, -0.2) is 4.39 Å². The molecule has 1 rings (SSSR count). The maximum Gasteiger partial charge on any atom is 0.306 e. The average molecular weight is 252 g/mol. The fraction of sp³-hybridized carbons (Fsp3) is 0.533. The first-order valence-corrected chi connectivity index (χ1v) is 6.54. The highest BCUT2D eigenvalue weighted by Gasteiger charge is 2.16. The van der Waals surface area contributed by atoms with Gasteiger partial charge in [-0.15, -0.1) is 0 Å². The van der Waals surface area contributed by atoms with Gasteiger partial charge in [0.1, 0.15) is 11.9 Å². The van der Waals surface area contributed by atoms with E-state index < -0.39 is 0 Å². The van der Waals surface area contributed by atoms with Gasteiger partial charge in [-0.1, -0.05) is 26.3 Å². The van der Waals surface area contributed by atoms with E-state index in [-0.39, 0.29) is 17.9 Å². The molecule has 0 saturated carbocycles. The second-order valence-electron chi connectivity index (χ2n) is 4.53. The fourth-order valence-electron chi connectivity index (χ4n) is 1.85. The monoisotopic (exact) mass is 252 g/mol. The molecule has 0 saturated heterocycles. The van der Waals surface area contributed by atoms with Crippen LogP contribution in [0, 0.1) is 12.7 Å². The van der Waals surface area contributed by atoms with Gasteiger partial charge < -0.3 is 4.74 Å². The van der Waals surface area contributed by atoms with Crippen molar-refractivity contribution in [1.29, 1.82) is 0 Å². The van der Waals surface area contributed by atoms with Crippen LogP contribution in [0.2, 0.25) is 0 Å². The first-order chi connectivity index (χ1) is 8.58. The third kappa shape index (κ3) is 4.13. The number of carbonyl (C=O) groups excluding carboxylic acids is 1. The molecule has 1 aromatic rings. The number of benzene rings is 1. The minimum absolute atomic E-state index is 0.182. The molecule has 0 bridgehead atoms. The smallest absolute Gasteiger partial charge is 0.306 e. The van der Waals surface area contributed by atoms with E-state index in [1.807, 2.05) is 13.8 Å². The van der Waals surface area contributed by atoms with Crippen molar-refractivity contribution in [3.05, 3.63) is 35.1 Å². The lowest BCUT2D eigenvalue weighted by atomic mass is 10.0. The van der Waals surface area contributed by atoms with Crippen LogP contribution in [0.4, 0.5) is 4.39 Å². The van der Waals surface area contributed by atoms with E-state index in [1.165, 1.54) is 6.07 Å². The molecule has 18 heavy (non-hydrogen) atoms. The van der Waals surface area contributed by atoms with Crippen molar-refractivity contribution in [1.82, 2.24) is 0 Å². The summed E-state index contributed by atoms with van der Waals surface area (Å²) in [5.74, 6) is -0.410. The molecular weight excluding hydrogens is 231 g/mol. The summed E-state index contributed by atoms with van der Waals surface area (Å²) in [6.45, 7) is 5.70. The number of carbonyl (C=O) groups is 1. The molecule has 0 aliphatic rings. The van der Waals surface area contributed by atoms with Gasteiger partial charge in [0, 0.05) is 6.42 Å². The van der Waals surface area contributed by atoms with E-state index in [4.69, 9.17) is 4.74 Å². The predicted octanol–water partition coefficient (Wildman–Crippen LogP) is 4.32. The normalized spacial score (nSPS) is 12.2. The Morgan fingerprint density at radius 2 is 2.06 bits per heavy atom. The Kier molecular flexibility index (Phi) is 5.83. The highest BCUT2D eigenvalue weighted by molar-refractivity contribution is 5.69. The highest BCUT2D eigenvalue weighted by atomic mass is 19.1. The summed E-state index contributed by atoms with van der Waals surface area (Å²) in [4.78, 5) is 11.6. The molecular formula is C15H21FO2. The fourth-order valence-corrected chi connectivity index (χ4v) is 1.85. The molecule has 1 atom stereocenters. The summed E-state index contributed by atoms with van der Waals surface area (Å²) in [5, 5.41) is 0. The lowest BCUT2D eigenvalue weighted by Crippen LogP contribution is -2.11. The Balaban J connectivity index is 2.82. The first kappa shape index (κ1) is 14.7. The van der Waals surface area contributed by atoms with Gasteiger partial charge in [-0.05, 0) is 43.0 Å². The topological polar surface area (TPSA) is 26.3 Å². The minimum Gasteiger partial charge on any atom is -0.457 e. The maximum atomic E-state index is 13.2. The van der Waals surface area contributed by atoms with E-state index in [2.05, 4.69) is 0 Å². The number of esters is 1. The van der Waals surface area contributed by atoms with E-state index in [0.717, 1.165) is 24.8 Å². The van der Waals surface area contributed by atoms with Gasteiger partial charge in [0.15, 0.2) is 0 Å². The van der Waals surface area contributed by atoms with Crippen LogP contribution in [0.25, 0.3) is 0 Å². The van der Waals surface area contributed by atoms with Gasteiger partial charge >= 0.3 is 5.97 Å². The van der Waals surface area contributed by atoms with Crippen molar-refractivity contribution in [3.8, 4) is 0 Å². The van der Waals surface area contributed by atoms with Crippen molar-refractivity contribution in [2.24, 2.45) is 0 Å². The minimum atomic E-state index is -0.256. The molecule has 0 radical (unpaired) electrons. The van der Waals surface area contributed by atoms with Crippen LogP contribution >= 0.6 is 0 Å². The Labute approximate surface area is 108 Å². The zero-order valence-electron chi connectivity index (χ0n) is 11.3. The van der Waals surface area contributed by atoms with E-state index in [0.29, 0.717) is 12.0 Å². The van der Waals surface area contributed by atoms with Crippen molar-refractivity contribution >= 4 is 5.97 Å². The van der Waals surface area contributed by atoms with Crippen molar-refractivity contribution < 1.29 is 13.9 Å². The number of ether oxygens (including phenoxy) is 1. The zero-order chi connectivity index (χ0) is 13.5. The molecule has 1 aromatic carbocycles. The summed E-state index contributed by atoms with van der Waals surface area (Å²) >= 11 is 0. The second-order valence-corrected chi connectivity index (χ2v) is 4.53. The number of rotatable bonds is 6. The summed E-state index contributed by atoms with van der Waals surface area (Å²) in [6.07, 6.45) is 2.63. The van der Waals surface area contributed by atoms with Gasteiger partial charge in [-0.2, -0.15) is 0 Å². The molecule has 3 heteroatoms.